The molecule has 21 heavy (non-hydrogen) atoms. The van der Waals surface area contributed by atoms with E-state index in [0.717, 1.165) is 0 Å². The van der Waals surface area contributed by atoms with Gasteiger partial charge in [0.1, 0.15) is 5.75 Å². The number of carboxylic acid groups (broad SMARTS) is 1. The van der Waals surface area contributed by atoms with Gasteiger partial charge in [0.15, 0.2) is 0 Å². The number of nitrogens with one attached hydrogen (secondary N) is 1. The van der Waals surface area contributed by atoms with Crippen LogP contribution in [0.3, 0.4) is 0 Å². The van der Waals surface area contributed by atoms with Gasteiger partial charge in [-0.2, -0.15) is 0 Å². The van der Waals surface area contributed by atoms with Crippen LogP contribution in [0, 0.1) is 6.92 Å². The summed E-state index contributed by atoms with van der Waals surface area (Å²) in [6.07, 6.45) is 0. The first-order chi connectivity index (χ1) is 9.97. The van der Waals surface area contributed by atoms with E-state index >= 15 is 0 Å². The summed E-state index contributed by atoms with van der Waals surface area (Å²) < 4.78 is 0. The molecule has 2 aromatic carbocycles. The monoisotopic (exact) mass is 285 g/mol. The van der Waals surface area contributed by atoms with Crippen LogP contribution < -0.4 is 5.32 Å². The highest BCUT2D eigenvalue weighted by atomic mass is 16.4. The van der Waals surface area contributed by atoms with E-state index in [4.69, 9.17) is 5.11 Å². The quantitative estimate of drug-likeness (QED) is 0.804. The number of hydrogen-bond donors (Lipinski definition) is 3. The summed E-state index contributed by atoms with van der Waals surface area (Å²) in [5.41, 5.74) is 1.92. The predicted octanol–water partition coefficient (Wildman–Crippen LogP) is 2.33. The number of hydrogen-bond acceptors (Lipinski definition) is 3. The molecule has 0 atom stereocenters. The minimum atomic E-state index is -1.01. The van der Waals surface area contributed by atoms with Gasteiger partial charge in [-0.1, -0.05) is 18.2 Å². The molecule has 0 aliphatic carbocycles. The van der Waals surface area contributed by atoms with E-state index < -0.39 is 5.97 Å². The maximum atomic E-state index is 12.0. The van der Waals surface area contributed by atoms with Crippen LogP contribution in [0.25, 0.3) is 0 Å². The van der Waals surface area contributed by atoms with E-state index in [2.05, 4.69) is 5.32 Å². The van der Waals surface area contributed by atoms with Crippen molar-refractivity contribution in [1.29, 1.82) is 0 Å². The Balaban J connectivity index is 2.05. The molecule has 0 spiro atoms. The van der Waals surface area contributed by atoms with E-state index in [-0.39, 0.29) is 23.8 Å². The first kappa shape index (κ1) is 14.6. The number of rotatable bonds is 4. The zero-order chi connectivity index (χ0) is 15.4. The number of benzene rings is 2. The van der Waals surface area contributed by atoms with Gasteiger partial charge in [-0.15, -0.1) is 0 Å². The maximum absolute atomic E-state index is 12.0. The number of amides is 1. The molecule has 0 radical (unpaired) electrons. The fraction of sp³-hybridized carbons (Fsp3) is 0.125. The molecule has 0 unspecified atom stereocenters. The molecule has 0 fully saturated rings. The van der Waals surface area contributed by atoms with Gasteiger partial charge in [-0.25, -0.2) is 4.79 Å². The van der Waals surface area contributed by atoms with Crippen LogP contribution in [0.5, 0.6) is 5.75 Å². The minimum Gasteiger partial charge on any atom is -0.508 e. The molecule has 0 aliphatic heterocycles. The molecule has 2 aromatic rings. The van der Waals surface area contributed by atoms with Crippen molar-refractivity contribution in [2.24, 2.45) is 0 Å². The highest BCUT2D eigenvalue weighted by Gasteiger charge is 2.08. The van der Waals surface area contributed by atoms with E-state index in [1.807, 2.05) is 0 Å². The van der Waals surface area contributed by atoms with Crippen LogP contribution in [0.1, 0.15) is 31.8 Å². The summed E-state index contributed by atoms with van der Waals surface area (Å²) in [5, 5.41) is 21.2. The Morgan fingerprint density at radius 1 is 1.10 bits per heavy atom. The number of carbonyl (C=O) groups excluding carboxylic acids is 1. The summed E-state index contributed by atoms with van der Waals surface area (Å²) >= 11 is 0. The molecule has 0 saturated carbocycles. The van der Waals surface area contributed by atoms with E-state index in [1.54, 1.807) is 31.2 Å². The Kier molecular flexibility index (Phi) is 4.23. The Hall–Kier alpha value is -2.82. The van der Waals surface area contributed by atoms with Crippen LogP contribution in [0.2, 0.25) is 0 Å². The lowest BCUT2D eigenvalue weighted by molar-refractivity contribution is 0.0696. The molecule has 0 aliphatic rings. The fourth-order valence-corrected chi connectivity index (χ4v) is 1.85. The van der Waals surface area contributed by atoms with Gasteiger partial charge in [-0.05, 0) is 42.3 Å². The molecule has 3 N–H and O–H groups in total. The number of phenols is 1. The summed E-state index contributed by atoms with van der Waals surface area (Å²) in [6.45, 7) is 1.96. The highest BCUT2D eigenvalue weighted by molar-refractivity contribution is 5.94. The van der Waals surface area contributed by atoms with Crippen molar-refractivity contribution in [3.63, 3.8) is 0 Å². The average Bonchev–Trinajstić information content (AvgIpc) is 2.48. The summed E-state index contributed by atoms with van der Waals surface area (Å²) in [7, 11) is 0. The lowest BCUT2D eigenvalue weighted by Crippen LogP contribution is -2.22. The second-order valence-corrected chi connectivity index (χ2v) is 4.69. The number of carbonyl (C=O) groups is 2. The maximum Gasteiger partial charge on any atom is 0.335 e. The van der Waals surface area contributed by atoms with Crippen molar-refractivity contribution in [2.45, 2.75) is 13.5 Å². The van der Waals surface area contributed by atoms with Gasteiger partial charge in [0, 0.05) is 12.1 Å². The lowest BCUT2D eigenvalue weighted by Gasteiger charge is -2.07. The predicted molar refractivity (Wildman–Crippen MR) is 77.4 cm³/mol. The van der Waals surface area contributed by atoms with Gasteiger partial charge in [0.25, 0.3) is 5.91 Å². The van der Waals surface area contributed by atoms with Crippen LogP contribution in [-0.4, -0.2) is 22.1 Å². The number of carboxylic acids is 1. The zero-order valence-corrected chi connectivity index (χ0v) is 11.5. The average molecular weight is 285 g/mol. The van der Waals surface area contributed by atoms with Gasteiger partial charge in [0.05, 0.1) is 5.56 Å². The molecule has 5 nitrogen and oxygen atoms in total. The van der Waals surface area contributed by atoms with E-state index in [0.29, 0.717) is 16.7 Å². The highest BCUT2D eigenvalue weighted by Crippen LogP contribution is 2.17. The molecule has 5 heteroatoms. The van der Waals surface area contributed by atoms with Crippen molar-refractivity contribution >= 4 is 11.9 Å². The lowest BCUT2D eigenvalue weighted by atomic mass is 10.1. The molecule has 0 saturated heterocycles. The fourth-order valence-electron chi connectivity index (χ4n) is 1.85. The minimum absolute atomic E-state index is 0.0653. The van der Waals surface area contributed by atoms with E-state index in [1.165, 1.54) is 18.2 Å². The van der Waals surface area contributed by atoms with Gasteiger partial charge >= 0.3 is 5.97 Å². The molecule has 1 amide bonds. The number of phenolic OH excluding ortho intramolecular Hbond substituents is 1. The Labute approximate surface area is 121 Å². The molecule has 2 rings (SSSR count). The number of aryl methyl sites for hydroxylation is 1. The number of aromatic carboxylic acids is 1. The van der Waals surface area contributed by atoms with Gasteiger partial charge in [0.2, 0.25) is 0 Å². The summed E-state index contributed by atoms with van der Waals surface area (Å²) in [6, 6.07) is 11.1. The summed E-state index contributed by atoms with van der Waals surface area (Å²) in [5.74, 6) is -1.27. The van der Waals surface area contributed by atoms with E-state index in [9.17, 15) is 14.7 Å². The molecule has 0 heterocycles. The molecule has 0 aromatic heterocycles. The third-order valence-electron chi connectivity index (χ3n) is 3.10. The molecular formula is C16H15NO4. The normalized spacial score (nSPS) is 10.1. The second-order valence-electron chi connectivity index (χ2n) is 4.69. The van der Waals surface area contributed by atoms with Crippen LogP contribution >= 0.6 is 0 Å². The third kappa shape index (κ3) is 3.60. The third-order valence-corrected chi connectivity index (χ3v) is 3.10. The topological polar surface area (TPSA) is 86.6 Å². The first-order valence-corrected chi connectivity index (χ1v) is 6.37. The van der Waals surface area contributed by atoms with Crippen molar-refractivity contribution in [3.05, 3.63) is 64.7 Å². The van der Waals surface area contributed by atoms with Crippen LogP contribution in [0.15, 0.2) is 42.5 Å². The largest absolute Gasteiger partial charge is 0.508 e. The Bertz CT molecular complexity index is 694. The van der Waals surface area contributed by atoms with Crippen molar-refractivity contribution in [1.82, 2.24) is 5.32 Å². The Morgan fingerprint density at radius 3 is 2.52 bits per heavy atom. The standard InChI is InChI=1S/C16H15NO4/c1-10-5-6-12(8-14(10)18)15(19)17-9-11-3-2-4-13(7-11)16(20)21/h2-8,18H,9H2,1H3,(H,17,19)(H,20,21). The first-order valence-electron chi connectivity index (χ1n) is 6.37. The SMILES string of the molecule is Cc1ccc(C(=O)NCc2cccc(C(=O)O)c2)cc1O. The zero-order valence-electron chi connectivity index (χ0n) is 11.5. The Morgan fingerprint density at radius 2 is 1.86 bits per heavy atom. The van der Waals surface area contributed by atoms with Crippen molar-refractivity contribution < 1.29 is 19.8 Å². The summed E-state index contributed by atoms with van der Waals surface area (Å²) in [4.78, 5) is 22.8. The second kappa shape index (κ2) is 6.09. The number of aromatic hydroxyl groups is 1. The van der Waals surface area contributed by atoms with Gasteiger partial charge in [-0.3, -0.25) is 4.79 Å². The van der Waals surface area contributed by atoms with Crippen molar-refractivity contribution in [3.8, 4) is 5.75 Å². The van der Waals surface area contributed by atoms with Gasteiger partial charge < -0.3 is 15.5 Å². The van der Waals surface area contributed by atoms with Crippen LogP contribution in [0.4, 0.5) is 0 Å². The smallest absolute Gasteiger partial charge is 0.335 e. The van der Waals surface area contributed by atoms with Crippen molar-refractivity contribution in [2.75, 3.05) is 0 Å². The molecule has 0 bridgehead atoms. The van der Waals surface area contributed by atoms with Crippen LogP contribution in [-0.2, 0) is 6.54 Å². The molecule has 108 valence electrons. The molecular weight excluding hydrogens is 270 g/mol.